The van der Waals surface area contributed by atoms with E-state index in [1.54, 1.807) is 43.8 Å². The molecule has 1 aromatic heterocycles. The predicted molar refractivity (Wildman–Crippen MR) is 114 cm³/mol. The number of nitrogens with one attached hydrogen (secondary N) is 2. The Kier molecular flexibility index (Phi) is 8.53. The number of rotatable bonds is 9. The van der Waals surface area contributed by atoms with Gasteiger partial charge >= 0.3 is 0 Å². The molecule has 0 bridgehead atoms. The fourth-order valence-corrected chi connectivity index (χ4v) is 3.59. The van der Waals surface area contributed by atoms with Crippen molar-refractivity contribution in [2.45, 2.75) is 33.3 Å². The molecule has 28 heavy (non-hydrogen) atoms. The highest BCUT2D eigenvalue weighted by Crippen LogP contribution is 2.29. The lowest BCUT2D eigenvalue weighted by atomic mass is 10.1. The van der Waals surface area contributed by atoms with Gasteiger partial charge in [-0.15, -0.1) is 11.3 Å². The summed E-state index contributed by atoms with van der Waals surface area (Å²) in [6.07, 6.45) is 0.0282. The maximum absolute atomic E-state index is 10.6. The van der Waals surface area contributed by atoms with Crippen LogP contribution in [0.4, 0.5) is 0 Å². The first-order valence-electron chi connectivity index (χ1n) is 9.33. The summed E-state index contributed by atoms with van der Waals surface area (Å²) in [5, 5.41) is 18.2. The molecule has 1 aromatic carbocycles. The topological polar surface area (TPSA) is 88.0 Å². The van der Waals surface area contributed by atoms with Crippen LogP contribution in [0.25, 0.3) is 0 Å². The largest absolute Gasteiger partial charge is 0.497 e. The Morgan fingerprint density at radius 3 is 2.64 bits per heavy atom. The molecule has 0 aliphatic rings. The number of aliphatic hydroxyl groups is 1. The van der Waals surface area contributed by atoms with Gasteiger partial charge in [0.15, 0.2) is 5.96 Å². The molecule has 0 aliphatic heterocycles. The van der Waals surface area contributed by atoms with E-state index >= 15 is 0 Å². The van der Waals surface area contributed by atoms with Crippen LogP contribution in [0.2, 0.25) is 0 Å². The lowest BCUT2D eigenvalue weighted by molar-refractivity contribution is 0.182. The number of aliphatic hydroxyl groups excluding tert-OH is 1. The van der Waals surface area contributed by atoms with E-state index in [0.717, 1.165) is 30.2 Å². The molecule has 0 aliphatic carbocycles. The minimum absolute atomic E-state index is 0.203. The number of guanidine groups is 1. The summed E-state index contributed by atoms with van der Waals surface area (Å²) >= 11 is 1.73. The number of benzene rings is 1. The van der Waals surface area contributed by atoms with Crippen LogP contribution in [0.5, 0.6) is 11.5 Å². The molecule has 0 saturated heterocycles. The maximum Gasteiger partial charge on any atom is 0.191 e. The van der Waals surface area contributed by atoms with Gasteiger partial charge < -0.3 is 25.2 Å². The van der Waals surface area contributed by atoms with Gasteiger partial charge in [-0.25, -0.2) is 4.98 Å². The Labute approximate surface area is 170 Å². The third-order valence-electron chi connectivity index (χ3n) is 4.27. The minimum Gasteiger partial charge on any atom is -0.497 e. The Hall–Kier alpha value is -2.32. The van der Waals surface area contributed by atoms with Crippen LogP contribution in [0.1, 0.15) is 34.2 Å². The first-order valence-corrected chi connectivity index (χ1v) is 10.1. The number of hydrogen-bond acceptors (Lipinski definition) is 6. The van der Waals surface area contributed by atoms with E-state index < -0.39 is 6.10 Å². The van der Waals surface area contributed by atoms with Crippen molar-refractivity contribution < 1.29 is 14.6 Å². The van der Waals surface area contributed by atoms with Gasteiger partial charge in [0, 0.05) is 30.0 Å². The minimum atomic E-state index is -0.801. The third-order valence-corrected chi connectivity index (χ3v) is 5.40. The Morgan fingerprint density at radius 2 is 2.04 bits per heavy atom. The highest BCUT2D eigenvalue weighted by Gasteiger charge is 2.15. The van der Waals surface area contributed by atoms with Gasteiger partial charge in [0.05, 0.1) is 31.5 Å². The third kappa shape index (κ3) is 6.10. The standard InChI is InChI=1S/C20H30N4O3S/c1-6-21-20(22-10-9-19-24-13(2)14(3)28-19)23-12-17(25)16-11-15(26-4)7-8-18(16)27-5/h7-8,11,17,25H,6,9-10,12H2,1-5H3,(H2,21,22,23). The quantitative estimate of drug-likeness (QED) is 0.438. The van der Waals surface area contributed by atoms with Crippen molar-refractivity contribution in [3.05, 3.63) is 39.3 Å². The van der Waals surface area contributed by atoms with Crippen LogP contribution in [-0.2, 0) is 6.42 Å². The van der Waals surface area contributed by atoms with Crippen LogP contribution in [0.15, 0.2) is 23.2 Å². The zero-order valence-electron chi connectivity index (χ0n) is 17.2. The van der Waals surface area contributed by atoms with E-state index in [-0.39, 0.29) is 6.54 Å². The van der Waals surface area contributed by atoms with Gasteiger partial charge in [0.25, 0.3) is 0 Å². The normalized spacial score (nSPS) is 12.6. The SMILES string of the molecule is CCNC(=NCC(O)c1cc(OC)ccc1OC)NCCc1nc(C)c(C)s1. The molecule has 7 nitrogen and oxygen atoms in total. The highest BCUT2D eigenvalue weighted by atomic mass is 32.1. The van der Waals surface area contributed by atoms with Crippen molar-refractivity contribution in [3.63, 3.8) is 0 Å². The second-order valence-corrected chi connectivity index (χ2v) is 7.56. The molecule has 1 heterocycles. The molecule has 0 radical (unpaired) electrons. The van der Waals surface area contributed by atoms with E-state index in [1.165, 1.54) is 4.88 Å². The lowest BCUT2D eigenvalue weighted by Crippen LogP contribution is -2.38. The molecule has 0 amide bonds. The van der Waals surface area contributed by atoms with E-state index in [2.05, 4.69) is 27.5 Å². The van der Waals surface area contributed by atoms with Gasteiger partial charge in [-0.2, -0.15) is 0 Å². The van der Waals surface area contributed by atoms with Crippen LogP contribution >= 0.6 is 11.3 Å². The van der Waals surface area contributed by atoms with Crippen molar-refractivity contribution in [2.24, 2.45) is 4.99 Å². The summed E-state index contributed by atoms with van der Waals surface area (Å²) in [7, 11) is 3.17. The van der Waals surface area contributed by atoms with Gasteiger partial charge in [0.1, 0.15) is 17.6 Å². The number of aromatic nitrogens is 1. The van der Waals surface area contributed by atoms with Crippen molar-refractivity contribution in [3.8, 4) is 11.5 Å². The molecule has 1 atom stereocenters. The van der Waals surface area contributed by atoms with E-state index in [0.29, 0.717) is 23.0 Å². The van der Waals surface area contributed by atoms with E-state index in [1.807, 2.05) is 13.8 Å². The summed E-state index contributed by atoms with van der Waals surface area (Å²) in [4.78, 5) is 10.3. The average molecular weight is 407 g/mol. The smallest absolute Gasteiger partial charge is 0.191 e. The monoisotopic (exact) mass is 406 g/mol. The molecular formula is C20H30N4O3S. The van der Waals surface area contributed by atoms with Crippen molar-refractivity contribution in [2.75, 3.05) is 33.9 Å². The first-order chi connectivity index (χ1) is 13.5. The summed E-state index contributed by atoms with van der Waals surface area (Å²) in [5.41, 5.74) is 1.74. The summed E-state index contributed by atoms with van der Waals surface area (Å²) in [6.45, 7) is 7.78. The van der Waals surface area contributed by atoms with Crippen molar-refractivity contribution in [1.82, 2.24) is 15.6 Å². The number of ether oxygens (including phenoxy) is 2. The van der Waals surface area contributed by atoms with Gasteiger partial charge in [-0.1, -0.05) is 0 Å². The Morgan fingerprint density at radius 1 is 1.25 bits per heavy atom. The van der Waals surface area contributed by atoms with E-state index in [4.69, 9.17) is 9.47 Å². The van der Waals surface area contributed by atoms with Crippen molar-refractivity contribution in [1.29, 1.82) is 0 Å². The number of thiazole rings is 1. The fourth-order valence-electron chi connectivity index (χ4n) is 2.65. The second kappa shape index (κ2) is 10.9. The number of methoxy groups -OCH3 is 2. The van der Waals surface area contributed by atoms with Crippen molar-refractivity contribution >= 4 is 17.3 Å². The molecule has 8 heteroatoms. The Bertz CT molecular complexity index is 772. The van der Waals surface area contributed by atoms with Gasteiger partial charge in [-0.3, -0.25) is 4.99 Å². The fraction of sp³-hybridized carbons (Fsp3) is 0.500. The number of aryl methyl sites for hydroxylation is 2. The molecule has 154 valence electrons. The van der Waals surface area contributed by atoms with Crippen LogP contribution in [-0.4, -0.2) is 49.9 Å². The molecular weight excluding hydrogens is 376 g/mol. The maximum atomic E-state index is 10.6. The Balaban J connectivity index is 1.99. The first kappa shape index (κ1) is 22.0. The summed E-state index contributed by atoms with van der Waals surface area (Å²) < 4.78 is 10.6. The predicted octanol–water partition coefficient (Wildman–Crippen LogP) is 2.61. The molecule has 3 N–H and O–H groups in total. The zero-order chi connectivity index (χ0) is 20.5. The van der Waals surface area contributed by atoms with Crippen LogP contribution in [0, 0.1) is 13.8 Å². The van der Waals surface area contributed by atoms with Crippen LogP contribution in [0.3, 0.4) is 0 Å². The molecule has 0 saturated carbocycles. The molecule has 2 aromatic rings. The number of aliphatic imine (C=N–C) groups is 1. The highest BCUT2D eigenvalue weighted by molar-refractivity contribution is 7.11. The zero-order valence-corrected chi connectivity index (χ0v) is 18.0. The van der Waals surface area contributed by atoms with Gasteiger partial charge in [-0.05, 0) is 39.0 Å². The second-order valence-electron chi connectivity index (χ2n) is 6.27. The molecule has 2 rings (SSSR count). The lowest BCUT2D eigenvalue weighted by Gasteiger charge is -2.16. The average Bonchev–Trinajstić information content (AvgIpc) is 3.02. The summed E-state index contributed by atoms with van der Waals surface area (Å²) in [5.74, 6) is 1.93. The molecule has 0 fully saturated rings. The van der Waals surface area contributed by atoms with E-state index in [9.17, 15) is 5.11 Å². The molecule has 1 unspecified atom stereocenters. The van der Waals surface area contributed by atoms with Crippen LogP contribution < -0.4 is 20.1 Å². The summed E-state index contributed by atoms with van der Waals surface area (Å²) in [6, 6.07) is 5.35. The van der Waals surface area contributed by atoms with Gasteiger partial charge in [0.2, 0.25) is 0 Å². The number of nitrogens with zero attached hydrogens (tertiary/aromatic N) is 2. The number of hydrogen-bond donors (Lipinski definition) is 3. The molecule has 0 spiro atoms.